The van der Waals surface area contributed by atoms with Gasteiger partial charge in [-0.1, -0.05) is 115 Å². The van der Waals surface area contributed by atoms with Crippen LogP contribution < -0.4 is 0 Å². The van der Waals surface area contributed by atoms with Crippen LogP contribution in [0, 0.1) is 0 Å². The summed E-state index contributed by atoms with van der Waals surface area (Å²) < 4.78 is 7.33. The first-order valence-corrected chi connectivity index (χ1v) is 17.3. The van der Waals surface area contributed by atoms with Crippen molar-refractivity contribution < 1.29 is 0 Å². The lowest BCUT2D eigenvalue weighted by atomic mass is 10.1. The summed E-state index contributed by atoms with van der Waals surface area (Å²) in [6.07, 6.45) is 0. The Morgan fingerprint density at radius 3 is 1.94 bits per heavy atom. The summed E-state index contributed by atoms with van der Waals surface area (Å²) in [6.45, 7) is 0. The van der Waals surface area contributed by atoms with Crippen LogP contribution in [0.5, 0.6) is 0 Å². The molecule has 0 aliphatic carbocycles. The van der Waals surface area contributed by atoms with E-state index in [2.05, 4.69) is 161 Å². The van der Waals surface area contributed by atoms with E-state index in [1.807, 2.05) is 17.4 Å². The first-order chi connectivity index (χ1) is 24.3. The molecule has 0 bridgehead atoms. The van der Waals surface area contributed by atoms with Crippen LogP contribution >= 0.6 is 11.3 Å². The standard InChI is InChI=1S/C44H26N4S/c1-3-13-27(14-4-1)41-33-19-7-10-20-36(33)45-44(46-41)48-37-21-11-8-17-29(37)34-25-35-31-23-24-32-30-18-9-12-22-40(30)49-43(32)42(31)47(38(35)26-39(34)48)28-15-5-2-6-16-28/h1-26H. The Bertz CT molecular complexity index is 3100. The van der Waals surface area contributed by atoms with Crippen molar-refractivity contribution >= 4 is 86.0 Å². The molecule has 11 aromatic rings. The van der Waals surface area contributed by atoms with Crippen molar-refractivity contribution in [2.24, 2.45) is 0 Å². The Morgan fingerprint density at radius 1 is 0.429 bits per heavy atom. The number of rotatable bonds is 3. The predicted octanol–water partition coefficient (Wildman–Crippen LogP) is 11.9. The van der Waals surface area contributed by atoms with E-state index in [4.69, 9.17) is 9.97 Å². The second-order valence-corrected chi connectivity index (χ2v) is 13.7. The average molecular weight is 643 g/mol. The Labute approximate surface area is 284 Å². The van der Waals surface area contributed by atoms with Crippen LogP contribution in [0.15, 0.2) is 158 Å². The first-order valence-electron chi connectivity index (χ1n) is 16.5. The van der Waals surface area contributed by atoms with E-state index in [0.717, 1.165) is 44.4 Å². The van der Waals surface area contributed by atoms with Gasteiger partial charge in [0.25, 0.3) is 0 Å². The molecule has 11 rings (SSSR count). The Morgan fingerprint density at radius 2 is 1.08 bits per heavy atom. The van der Waals surface area contributed by atoms with Crippen LogP contribution in [0.1, 0.15) is 0 Å². The van der Waals surface area contributed by atoms with Crippen LogP contribution in [0.2, 0.25) is 0 Å². The van der Waals surface area contributed by atoms with Gasteiger partial charge in [0.05, 0.1) is 38.0 Å². The number of fused-ring (bicyclic) bond motifs is 11. The maximum Gasteiger partial charge on any atom is 0.235 e. The molecular weight excluding hydrogens is 617 g/mol. The number of hydrogen-bond donors (Lipinski definition) is 0. The van der Waals surface area contributed by atoms with Crippen molar-refractivity contribution in [2.75, 3.05) is 0 Å². The quantitative estimate of drug-likeness (QED) is 0.192. The minimum absolute atomic E-state index is 0.664. The highest BCUT2D eigenvalue weighted by Gasteiger charge is 2.22. The Hall–Kier alpha value is -6.30. The molecule has 0 saturated heterocycles. The highest BCUT2D eigenvalue weighted by Crippen LogP contribution is 2.45. The van der Waals surface area contributed by atoms with Crippen LogP contribution in [0.4, 0.5) is 0 Å². The summed E-state index contributed by atoms with van der Waals surface area (Å²) in [5, 5.41) is 8.50. The molecule has 0 aliphatic heterocycles. The molecule has 4 heterocycles. The fraction of sp³-hybridized carbons (Fsp3) is 0. The van der Waals surface area contributed by atoms with Gasteiger partial charge in [-0.25, -0.2) is 9.97 Å². The zero-order chi connectivity index (χ0) is 32.1. The third-order valence-corrected chi connectivity index (χ3v) is 11.1. The van der Waals surface area contributed by atoms with Crippen LogP contribution in [-0.4, -0.2) is 19.1 Å². The Balaban J connectivity index is 1.31. The number of benzene rings is 7. The van der Waals surface area contributed by atoms with Crippen molar-refractivity contribution in [1.82, 2.24) is 19.1 Å². The number of para-hydroxylation sites is 3. The van der Waals surface area contributed by atoms with E-state index in [-0.39, 0.29) is 0 Å². The molecule has 0 fully saturated rings. The zero-order valence-corrected chi connectivity index (χ0v) is 27.0. The smallest absolute Gasteiger partial charge is 0.235 e. The molecule has 4 aromatic heterocycles. The molecule has 4 nitrogen and oxygen atoms in total. The zero-order valence-electron chi connectivity index (χ0n) is 26.2. The van der Waals surface area contributed by atoms with E-state index >= 15 is 0 Å². The summed E-state index contributed by atoms with van der Waals surface area (Å²) in [7, 11) is 0. The summed E-state index contributed by atoms with van der Waals surface area (Å²) in [5.41, 5.74) is 8.63. The van der Waals surface area contributed by atoms with Crippen molar-refractivity contribution in [3.63, 3.8) is 0 Å². The molecule has 0 N–H and O–H groups in total. The molecule has 49 heavy (non-hydrogen) atoms. The number of nitrogens with zero attached hydrogens (tertiary/aromatic N) is 4. The monoisotopic (exact) mass is 642 g/mol. The predicted molar refractivity (Wildman–Crippen MR) is 207 cm³/mol. The molecule has 0 radical (unpaired) electrons. The fourth-order valence-electron chi connectivity index (χ4n) is 7.78. The van der Waals surface area contributed by atoms with E-state index in [1.165, 1.54) is 47.2 Å². The number of thiophene rings is 1. The number of aromatic nitrogens is 4. The van der Waals surface area contributed by atoms with E-state index in [0.29, 0.717) is 5.95 Å². The highest BCUT2D eigenvalue weighted by atomic mass is 32.1. The SMILES string of the molecule is c1ccc(-c2nc(-n3c4ccccc4c4cc5c6ccc7c8ccccc8sc7c6n(-c6ccccc6)c5cc43)nc3ccccc23)cc1. The largest absolute Gasteiger partial charge is 0.308 e. The average Bonchev–Trinajstić information content (AvgIpc) is 3.81. The molecule has 7 aromatic carbocycles. The Kier molecular flexibility index (Phi) is 5.51. The van der Waals surface area contributed by atoms with Gasteiger partial charge in [0.15, 0.2) is 0 Å². The van der Waals surface area contributed by atoms with Gasteiger partial charge < -0.3 is 4.57 Å². The van der Waals surface area contributed by atoms with Crippen LogP contribution in [-0.2, 0) is 0 Å². The highest BCUT2D eigenvalue weighted by molar-refractivity contribution is 7.26. The maximum atomic E-state index is 5.33. The second kappa shape index (κ2) is 10.1. The third kappa shape index (κ3) is 3.79. The van der Waals surface area contributed by atoms with Crippen LogP contribution in [0.25, 0.3) is 97.6 Å². The van der Waals surface area contributed by atoms with E-state index in [1.54, 1.807) is 0 Å². The number of hydrogen-bond acceptors (Lipinski definition) is 3. The van der Waals surface area contributed by atoms with Gasteiger partial charge in [0, 0.05) is 53.7 Å². The van der Waals surface area contributed by atoms with Gasteiger partial charge in [-0.05, 0) is 42.5 Å². The first kappa shape index (κ1) is 26.7. The lowest BCUT2D eigenvalue weighted by molar-refractivity contribution is 1.01. The van der Waals surface area contributed by atoms with Crippen molar-refractivity contribution in [3.05, 3.63) is 158 Å². The van der Waals surface area contributed by atoms with Crippen molar-refractivity contribution in [2.45, 2.75) is 0 Å². The molecule has 0 amide bonds. The summed E-state index contributed by atoms with van der Waals surface area (Å²) in [6, 6.07) is 56.3. The molecule has 228 valence electrons. The lowest BCUT2D eigenvalue weighted by Gasteiger charge is -2.12. The lowest BCUT2D eigenvalue weighted by Crippen LogP contribution is -2.03. The molecular formula is C44H26N4S. The van der Waals surface area contributed by atoms with Gasteiger partial charge in [0.2, 0.25) is 5.95 Å². The van der Waals surface area contributed by atoms with Crippen molar-refractivity contribution in [1.29, 1.82) is 0 Å². The normalized spacial score (nSPS) is 12.1. The van der Waals surface area contributed by atoms with Gasteiger partial charge >= 0.3 is 0 Å². The summed E-state index contributed by atoms with van der Waals surface area (Å²) >= 11 is 1.88. The molecule has 5 heteroatoms. The topological polar surface area (TPSA) is 35.6 Å². The van der Waals surface area contributed by atoms with Crippen LogP contribution in [0.3, 0.4) is 0 Å². The minimum Gasteiger partial charge on any atom is -0.308 e. The second-order valence-electron chi connectivity index (χ2n) is 12.6. The maximum absolute atomic E-state index is 5.33. The van der Waals surface area contributed by atoms with E-state index in [9.17, 15) is 0 Å². The van der Waals surface area contributed by atoms with Gasteiger partial charge in [0.1, 0.15) is 0 Å². The fourth-order valence-corrected chi connectivity index (χ4v) is 9.02. The van der Waals surface area contributed by atoms with E-state index < -0.39 is 0 Å². The van der Waals surface area contributed by atoms with Gasteiger partial charge in [-0.15, -0.1) is 11.3 Å². The molecule has 0 saturated carbocycles. The summed E-state index contributed by atoms with van der Waals surface area (Å²) in [5.74, 6) is 0.664. The van der Waals surface area contributed by atoms with Gasteiger partial charge in [-0.2, -0.15) is 0 Å². The third-order valence-electron chi connectivity index (χ3n) is 9.92. The molecule has 0 atom stereocenters. The molecule has 0 unspecified atom stereocenters. The molecule has 0 spiro atoms. The summed E-state index contributed by atoms with van der Waals surface area (Å²) in [4.78, 5) is 10.5. The molecule has 0 aliphatic rings. The minimum atomic E-state index is 0.664. The van der Waals surface area contributed by atoms with Gasteiger partial charge in [-0.3, -0.25) is 4.57 Å². The van der Waals surface area contributed by atoms with Crippen molar-refractivity contribution in [3.8, 4) is 22.9 Å².